The van der Waals surface area contributed by atoms with Crippen LogP contribution in [0.25, 0.3) is 0 Å². The maximum atomic E-state index is 6.13. The third-order valence-corrected chi connectivity index (χ3v) is 4.50. The van der Waals surface area contributed by atoms with Gasteiger partial charge < -0.3 is 11.1 Å². The molecule has 1 aliphatic rings. The van der Waals surface area contributed by atoms with Crippen LogP contribution in [0.4, 0.5) is 11.5 Å². The third kappa shape index (κ3) is 2.33. The number of anilines is 2. The minimum Gasteiger partial charge on any atom is -0.394 e. The van der Waals surface area contributed by atoms with Gasteiger partial charge in [-0.3, -0.25) is 0 Å². The van der Waals surface area contributed by atoms with E-state index in [4.69, 9.17) is 5.73 Å². The average molecular weight is 250 g/mol. The molecule has 18 heavy (non-hydrogen) atoms. The van der Waals surface area contributed by atoms with Gasteiger partial charge in [0.15, 0.2) is 0 Å². The lowest BCUT2D eigenvalue weighted by Gasteiger charge is -2.35. The Kier molecular flexibility index (Phi) is 3.83. The fourth-order valence-electron chi connectivity index (χ4n) is 2.94. The van der Waals surface area contributed by atoms with Gasteiger partial charge in [0, 0.05) is 12.6 Å². The summed E-state index contributed by atoms with van der Waals surface area (Å²) in [6.45, 7) is 9.63. The van der Waals surface area contributed by atoms with Gasteiger partial charge in [-0.1, -0.05) is 26.7 Å². The molecule has 4 heteroatoms. The fraction of sp³-hybridized carbons (Fsp3) is 0.786. The minimum absolute atomic E-state index is 0.525. The van der Waals surface area contributed by atoms with Crippen molar-refractivity contribution in [3.8, 4) is 0 Å². The summed E-state index contributed by atoms with van der Waals surface area (Å²) < 4.78 is 1.98. The van der Waals surface area contributed by atoms with Crippen LogP contribution in [-0.4, -0.2) is 15.8 Å². The van der Waals surface area contributed by atoms with Crippen molar-refractivity contribution in [2.75, 3.05) is 11.1 Å². The predicted octanol–water partition coefficient (Wildman–Crippen LogP) is 3.03. The second kappa shape index (κ2) is 5.21. The molecule has 3 atom stereocenters. The molecule has 2 rings (SSSR count). The van der Waals surface area contributed by atoms with Crippen LogP contribution in [0.3, 0.4) is 0 Å². The molecule has 1 saturated carbocycles. The Morgan fingerprint density at radius 3 is 2.78 bits per heavy atom. The van der Waals surface area contributed by atoms with Gasteiger partial charge in [-0.15, -0.1) is 0 Å². The summed E-state index contributed by atoms with van der Waals surface area (Å²) in [5.41, 5.74) is 7.86. The Morgan fingerprint density at radius 2 is 2.11 bits per heavy atom. The standard InChI is InChI=1S/C14H26N4/c1-5-18-14(13(15)11(4)17-18)16-12-8-6-7-9(2)10(12)3/h9-10,12,16H,5-8,15H2,1-4H3. The number of hydrogen-bond donors (Lipinski definition) is 2. The molecule has 1 aromatic heterocycles. The van der Waals surface area contributed by atoms with E-state index in [1.54, 1.807) is 0 Å². The van der Waals surface area contributed by atoms with E-state index >= 15 is 0 Å². The molecule has 0 spiro atoms. The van der Waals surface area contributed by atoms with Gasteiger partial charge in [0.2, 0.25) is 0 Å². The van der Waals surface area contributed by atoms with Crippen LogP contribution in [0.5, 0.6) is 0 Å². The monoisotopic (exact) mass is 250 g/mol. The Bertz CT molecular complexity index is 410. The molecule has 3 N–H and O–H groups in total. The van der Waals surface area contributed by atoms with Gasteiger partial charge in [-0.05, 0) is 32.1 Å². The summed E-state index contributed by atoms with van der Waals surface area (Å²) in [5.74, 6) is 2.50. The average Bonchev–Trinajstić information content (AvgIpc) is 2.62. The first kappa shape index (κ1) is 13.2. The van der Waals surface area contributed by atoms with E-state index in [0.29, 0.717) is 12.0 Å². The van der Waals surface area contributed by atoms with Crippen LogP contribution >= 0.6 is 0 Å². The van der Waals surface area contributed by atoms with E-state index in [1.165, 1.54) is 19.3 Å². The number of rotatable bonds is 3. The van der Waals surface area contributed by atoms with Crippen molar-refractivity contribution in [3.05, 3.63) is 5.69 Å². The topological polar surface area (TPSA) is 55.9 Å². The van der Waals surface area contributed by atoms with Crippen molar-refractivity contribution in [3.63, 3.8) is 0 Å². The van der Waals surface area contributed by atoms with Gasteiger partial charge in [0.1, 0.15) is 5.82 Å². The molecule has 1 fully saturated rings. The zero-order valence-corrected chi connectivity index (χ0v) is 12.0. The summed E-state index contributed by atoms with van der Waals surface area (Å²) in [6, 6.07) is 0.525. The van der Waals surface area contributed by atoms with Crippen molar-refractivity contribution in [2.24, 2.45) is 11.8 Å². The first-order valence-electron chi connectivity index (χ1n) is 7.14. The first-order valence-corrected chi connectivity index (χ1v) is 7.14. The molecule has 102 valence electrons. The van der Waals surface area contributed by atoms with Crippen molar-refractivity contribution < 1.29 is 0 Å². The molecule has 0 amide bonds. The largest absolute Gasteiger partial charge is 0.394 e. The van der Waals surface area contributed by atoms with Crippen LogP contribution < -0.4 is 11.1 Å². The molecule has 0 radical (unpaired) electrons. The summed E-state index contributed by atoms with van der Waals surface area (Å²) >= 11 is 0. The molecular formula is C14H26N4. The van der Waals surface area contributed by atoms with Crippen LogP contribution in [0.15, 0.2) is 0 Å². The van der Waals surface area contributed by atoms with Crippen molar-refractivity contribution in [1.82, 2.24) is 9.78 Å². The van der Waals surface area contributed by atoms with Crippen LogP contribution in [0.1, 0.15) is 45.7 Å². The molecule has 4 nitrogen and oxygen atoms in total. The summed E-state index contributed by atoms with van der Waals surface area (Å²) in [5, 5.41) is 8.11. The highest BCUT2D eigenvalue weighted by Gasteiger charge is 2.28. The Labute approximate surface area is 110 Å². The molecule has 0 aliphatic heterocycles. The smallest absolute Gasteiger partial charge is 0.148 e. The van der Waals surface area contributed by atoms with E-state index in [9.17, 15) is 0 Å². The van der Waals surface area contributed by atoms with Crippen LogP contribution in [0.2, 0.25) is 0 Å². The molecular weight excluding hydrogens is 224 g/mol. The van der Waals surface area contributed by atoms with E-state index in [2.05, 4.69) is 31.2 Å². The molecule has 3 unspecified atom stereocenters. The first-order chi connectivity index (χ1) is 8.54. The van der Waals surface area contributed by atoms with E-state index in [0.717, 1.165) is 29.7 Å². The van der Waals surface area contributed by atoms with Gasteiger partial charge in [-0.25, -0.2) is 4.68 Å². The summed E-state index contributed by atoms with van der Waals surface area (Å²) in [7, 11) is 0. The molecule has 0 bridgehead atoms. The Morgan fingerprint density at radius 1 is 1.39 bits per heavy atom. The quantitative estimate of drug-likeness (QED) is 0.867. The van der Waals surface area contributed by atoms with Crippen molar-refractivity contribution in [1.29, 1.82) is 0 Å². The lowest BCUT2D eigenvalue weighted by molar-refractivity contribution is 0.252. The zero-order valence-electron chi connectivity index (χ0n) is 12.0. The second-order valence-electron chi connectivity index (χ2n) is 5.68. The van der Waals surface area contributed by atoms with E-state index < -0.39 is 0 Å². The second-order valence-corrected chi connectivity index (χ2v) is 5.68. The number of hydrogen-bond acceptors (Lipinski definition) is 3. The highest BCUT2D eigenvalue weighted by Crippen LogP contribution is 2.33. The summed E-state index contributed by atoms with van der Waals surface area (Å²) in [4.78, 5) is 0. The zero-order chi connectivity index (χ0) is 13.3. The van der Waals surface area contributed by atoms with Crippen LogP contribution in [0, 0.1) is 18.8 Å². The van der Waals surface area contributed by atoms with Crippen molar-refractivity contribution >= 4 is 11.5 Å². The van der Waals surface area contributed by atoms with Gasteiger partial charge in [-0.2, -0.15) is 5.10 Å². The number of nitrogen functional groups attached to an aromatic ring is 1. The lowest BCUT2D eigenvalue weighted by atomic mass is 9.78. The maximum Gasteiger partial charge on any atom is 0.148 e. The van der Waals surface area contributed by atoms with Crippen molar-refractivity contribution in [2.45, 2.75) is 59.5 Å². The molecule has 1 aliphatic carbocycles. The molecule has 0 saturated heterocycles. The lowest BCUT2D eigenvalue weighted by Crippen LogP contribution is -2.35. The number of nitrogens with one attached hydrogen (secondary N) is 1. The van der Waals surface area contributed by atoms with Gasteiger partial charge in [0.25, 0.3) is 0 Å². The number of aryl methyl sites for hydroxylation is 2. The highest BCUT2D eigenvalue weighted by atomic mass is 15.3. The van der Waals surface area contributed by atoms with Gasteiger partial charge >= 0.3 is 0 Å². The number of nitrogens with zero attached hydrogens (tertiary/aromatic N) is 2. The number of nitrogens with two attached hydrogens (primary N) is 1. The minimum atomic E-state index is 0.525. The maximum absolute atomic E-state index is 6.13. The Hall–Kier alpha value is -1.19. The highest BCUT2D eigenvalue weighted by molar-refractivity contribution is 5.65. The Balaban J connectivity index is 2.18. The van der Waals surface area contributed by atoms with E-state index in [1.807, 2.05) is 11.6 Å². The van der Waals surface area contributed by atoms with Crippen LogP contribution in [-0.2, 0) is 6.54 Å². The molecule has 1 heterocycles. The third-order valence-electron chi connectivity index (χ3n) is 4.50. The number of aromatic nitrogens is 2. The van der Waals surface area contributed by atoms with Gasteiger partial charge in [0.05, 0.1) is 11.4 Å². The molecule has 1 aromatic rings. The fourth-order valence-corrected chi connectivity index (χ4v) is 2.94. The normalized spacial score (nSPS) is 28.3. The summed E-state index contributed by atoms with van der Waals surface area (Å²) in [6.07, 6.45) is 3.89. The van der Waals surface area contributed by atoms with E-state index in [-0.39, 0.29) is 0 Å². The SMILES string of the molecule is CCn1nc(C)c(N)c1NC1CCCC(C)C1C. The molecule has 0 aromatic carbocycles. The predicted molar refractivity (Wildman–Crippen MR) is 76.6 cm³/mol.